The highest BCUT2D eigenvalue weighted by Gasteiger charge is 2.26. The molecule has 2 rings (SSSR count). The molecule has 2 unspecified atom stereocenters. The van der Waals surface area contributed by atoms with E-state index in [2.05, 4.69) is 83.8 Å². The van der Waals surface area contributed by atoms with Crippen LogP contribution in [0.4, 0.5) is 0 Å². The normalized spacial score (nSPS) is 13.6. The van der Waals surface area contributed by atoms with Crippen LogP contribution in [0.1, 0.15) is 64.9 Å². The van der Waals surface area contributed by atoms with Crippen molar-refractivity contribution in [2.24, 2.45) is 11.8 Å². The van der Waals surface area contributed by atoms with Gasteiger partial charge in [-0.05, 0) is 92.9 Å². The Kier molecular flexibility index (Phi) is 9.51. The Labute approximate surface area is 192 Å². The molecule has 0 amide bonds. The van der Waals surface area contributed by atoms with E-state index in [1.54, 1.807) is 0 Å². The van der Waals surface area contributed by atoms with Crippen LogP contribution in [0.25, 0.3) is 0 Å². The van der Waals surface area contributed by atoms with Gasteiger partial charge in [-0.2, -0.15) is 0 Å². The minimum atomic E-state index is -0.0280. The Bertz CT molecular complexity index is 724. The van der Waals surface area contributed by atoms with Gasteiger partial charge in [-0.15, -0.1) is 0 Å². The maximum atomic E-state index is 6.73. The largest absolute Gasteiger partial charge is 0.493 e. The van der Waals surface area contributed by atoms with E-state index in [4.69, 9.17) is 14.2 Å². The maximum absolute atomic E-state index is 6.73. The molecule has 0 aliphatic rings. The Morgan fingerprint density at radius 3 is 1.34 bits per heavy atom. The number of benzene rings is 2. The number of hydrogen-bond donors (Lipinski definition) is 0. The van der Waals surface area contributed by atoms with Gasteiger partial charge in [-0.3, -0.25) is 0 Å². The van der Waals surface area contributed by atoms with Gasteiger partial charge < -0.3 is 14.2 Å². The van der Waals surface area contributed by atoms with Gasteiger partial charge in [-0.1, -0.05) is 39.8 Å². The molecule has 0 aliphatic heterocycles. The first-order valence-electron chi connectivity index (χ1n) is 10.3. The first kappa shape index (κ1) is 24.2. The van der Waals surface area contributed by atoms with E-state index >= 15 is 0 Å². The van der Waals surface area contributed by atoms with Crippen LogP contribution < -0.4 is 9.47 Å². The van der Waals surface area contributed by atoms with E-state index in [1.165, 1.54) is 0 Å². The molecule has 0 spiro atoms. The Morgan fingerprint density at radius 2 is 1.07 bits per heavy atom. The molecule has 0 heterocycles. The number of rotatable bonds is 10. The molecule has 29 heavy (non-hydrogen) atoms. The molecule has 3 nitrogen and oxygen atoms in total. The fraction of sp³-hybridized carbons (Fsp3) is 0.500. The third-order valence-corrected chi connectivity index (χ3v) is 5.91. The van der Waals surface area contributed by atoms with Gasteiger partial charge >= 0.3 is 0 Å². The quantitative estimate of drug-likeness (QED) is 0.312. The maximum Gasteiger partial charge on any atom is 0.133 e. The first-order chi connectivity index (χ1) is 13.8. The summed E-state index contributed by atoms with van der Waals surface area (Å²) in [6.45, 7) is 14.0. The van der Waals surface area contributed by atoms with Crippen LogP contribution in [0.3, 0.4) is 0 Å². The summed E-state index contributed by atoms with van der Waals surface area (Å²) in [6, 6.07) is 12.5. The molecule has 0 bridgehead atoms. The summed E-state index contributed by atoms with van der Waals surface area (Å²) in [7, 11) is 0. The zero-order valence-electron chi connectivity index (χ0n) is 18.2. The second kappa shape index (κ2) is 11.4. The smallest absolute Gasteiger partial charge is 0.133 e. The van der Waals surface area contributed by atoms with Crippen LogP contribution in [0, 0.1) is 11.8 Å². The zero-order valence-corrected chi connectivity index (χ0v) is 21.3. The lowest BCUT2D eigenvalue weighted by Crippen LogP contribution is -2.19. The Morgan fingerprint density at radius 1 is 0.690 bits per heavy atom. The van der Waals surface area contributed by atoms with Crippen LogP contribution in [0.2, 0.25) is 0 Å². The van der Waals surface area contributed by atoms with Crippen molar-refractivity contribution in [1.29, 1.82) is 0 Å². The molecule has 2 aromatic rings. The predicted octanol–water partition coefficient (Wildman–Crippen LogP) is 8.12. The highest BCUT2D eigenvalue weighted by molar-refractivity contribution is 9.10. The lowest BCUT2D eigenvalue weighted by molar-refractivity contribution is -0.0611. The summed E-state index contributed by atoms with van der Waals surface area (Å²) in [5.41, 5.74) is 2.29. The number of ether oxygens (including phenoxy) is 3. The third-order valence-electron chi connectivity index (χ3n) is 4.67. The summed E-state index contributed by atoms with van der Waals surface area (Å²) >= 11 is 7.27. The molecule has 0 saturated heterocycles. The molecule has 0 radical (unpaired) electrons. The third kappa shape index (κ3) is 6.47. The molecule has 2 atom stereocenters. The SMILES string of the molecule is CCOc1ccc(C(OC(c2ccc(OCC)c(Br)c2)C(C)C)C(C)C)cc1Br. The summed E-state index contributed by atoms with van der Waals surface area (Å²) in [5.74, 6) is 2.36. The predicted molar refractivity (Wildman–Crippen MR) is 127 cm³/mol. The van der Waals surface area contributed by atoms with Crippen LogP contribution in [0.5, 0.6) is 11.5 Å². The van der Waals surface area contributed by atoms with Gasteiger partial charge in [0.1, 0.15) is 11.5 Å². The van der Waals surface area contributed by atoms with Crippen molar-refractivity contribution in [3.8, 4) is 11.5 Å². The molecule has 0 aliphatic carbocycles. The summed E-state index contributed by atoms with van der Waals surface area (Å²) in [4.78, 5) is 0. The van der Waals surface area contributed by atoms with E-state index in [0.29, 0.717) is 25.0 Å². The molecule has 5 heteroatoms. The second-order valence-electron chi connectivity index (χ2n) is 7.71. The molecule has 2 aromatic carbocycles. The van der Waals surface area contributed by atoms with E-state index in [0.717, 1.165) is 31.6 Å². The number of hydrogen-bond acceptors (Lipinski definition) is 3. The Balaban J connectivity index is 2.33. The molecular weight excluding hydrogens is 496 g/mol. The Hall–Kier alpha value is -1.04. The van der Waals surface area contributed by atoms with Crippen molar-refractivity contribution in [2.75, 3.05) is 13.2 Å². The fourth-order valence-electron chi connectivity index (χ4n) is 3.33. The van der Waals surface area contributed by atoms with Gasteiger partial charge in [-0.25, -0.2) is 0 Å². The van der Waals surface area contributed by atoms with Crippen molar-refractivity contribution in [3.05, 3.63) is 56.5 Å². The number of halogens is 2. The van der Waals surface area contributed by atoms with Gasteiger partial charge in [0.15, 0.2) is 0 Å². The van der Waals surface area contributed by atoms with Crippen LogP contribution in [0.15, 0.2) is 45.3 Å². The van der Waals surface area contributed by atoms with Crippen molar-refractivity contribution in [1.82, 2.24) is 0 Å². The zero-order chi connectivity index (χ0) is 21.6. The topological polar surface area (TPSA) is 27.7 Å². The molecular formula is C24H32Br2O3. The molecule has 0 aromatic heterocycles. The van der Waals surface area contributed by atoms with E-state index in [1.807, 2.05) is 26.0 Å². The van der Waals surface area contributed by atoms with E-state index < -0.39 is 0 Å². The molecule has 0 N–H and O–H groups in total. The molecule has 0 fully saturated rings. The van der Waals surface area contributed by atoms with Crippen LogP contribution in [-0.2, 0) is 4.74 Å². The lowest BCUT2D eigenvalue weighted by Gasteiger charge is -2.31. The summed E-state index contributed by atoms with van der Waals surface area (Å²) in [6.07, 6.45) is -0.0561. The minimum absolute atomic E-state index is 0.0280. The van der Waals surface area contributed by atoms with Gasteiger partial charge in [0, 0.05) is 0 Å². The van der Waals surface area contributed by atoms with Crippen LogP contribution in [-0.4, -0.2) is 13.2 Å². The van der Waals surface area contributed by atoms with Crippen molar-refractivity contribution < 1.29 is 14.2 Å². The highest BCUT2D eigenvalue weighted by Crippen LogP contribution is 2.40. The van der Waals surface area contributed by atoms with Gasteiger partial charge in [0.2, 0.25) is 0 Å². The van der Waals surface area contributed by atoms with Crippen molar-refractivity contribution in [2.45, 2.75) is 53.8 Å². The fourth-order valence-corrected chi connectivity index (χ4v) is 4.35. The monoisotopic (exact) mass is 526 g/mol. The highest BCUT2D eigenvalue weighted by atomic mass is 79.9. The second-order valence-corrected chi connectivity index (χ2v) is 9.42. The molecule has 0 saturated carbocycles. The molecule has 160 valence electrons. The summed E-state index contributed by atoms with van der Waals surface area (Å²) < 4.78 is 20.0. The average Bonchev–Trinajstić information content (AvgIpc) is 2.65. The summed E-state index contributed by atoms with van der Waals surface area (Å²) in [5, 5.41) is 0. The van der Waals surface area contributed by atoms with Crippen molar-refractivity contribution in [3.63, 3.8) is 0 Å². The minimum Gasteiger partial charge on any atom is -0.493 e. The van der Waals surface area contributed by atoms with E-state index in [-0.39, 0.29) is 12.2 Å². The average molecular weight is 528 g/mol. The lowest BCUT2D eigenvalue weighted by atomic mass is 9.95. The van der Waals surface area contributed by atoms with Gasteiger partial charge in [0.05, 0.1) is 34.4 Å². The van der Waals surface area contributed by atoms with Gasteiger partial charge in [0.25, 0.3) is 0 Å². The van der Waals surface area contributed by atoms with Crippen LogP contribution >= 0.6 is 31.9 Å². The first-order valence-corrected chi connectivity index (χ1v) is 11.9. The van der Waals surface area contributed by atoms with Crippen molar-refractivity contribution >= 4 is 31.9 Å². The van der Waals surface area contributed by atoms with E-state index in [9.17, 15) is 0 Å². The standard InChI is InChI=1S/C24H32Br2O3/c1-7-27-21-11-9-17(13-19(21)25)23(15(3)4)29-24(16(5)6)18-10-12-22(28-8-2)20(26)14-18/h9-16,23-24H,7-8H2,1-6H3.